The molecule has 0 unspecified atom stereocenters. The Morgan fingerprint density at radius 1 is 0.712 bits per heavy atom. The van der Waals surface area contributed by atoms with Crippen LogP contribution in [0.15, 0.2) is 54.6 Å². The number of carbonyl (C=O) groups is 7. The van der Waals surface area contributed by atoms with E-state index in [-0.39, 0.29) is 37.5 Å². The van der Waals surface area contributed by atoms with E-state index in [2.05, 4.69) is 31.9 Å². The average molecular weight is 722 g/mol. The van der Waals surface area contributed by atoms with Crippen molar-refractivity contribution in [1.82, 2.24) is 36.8 Å². The number of benzene rings is 2. The second-order valence-electron chi connectivity index (χ2n) is 13.0. The minimum absolute atomic E-state index is 0.0145. The van der Waals surface area contributed by atoms with E-state index in [1.54, 1.807) is 49.4 Å². The summed E-state index contributed by atoms with van der Waals surface area (Å²) in [4.78, 5) is 95.1. The van der Waals surface area contributed by atoms with Crippen LogP contribution < -0.4 is 31.9 Å². The molecule has 2 saturated heterocycles. The van der Waals surface area contributed by atoms with Crippen molar-refractivity contribution in [2.45, 2.75) is 76.2 Å². The number of amides is 7. The molecule has 0 spiro atoms. The molecule has 2 heterocycles. The molecule has 2 aliphatic heterocycles. The molecule has 16 heteroatoms. The summed E-state index contributed by atoms with van der Waals surface area (Å²) < 4.78 is 0. The lowest BCUT2D eigenvalue weighted by molar-refractivity contribution is -0.143. The van der Waals surface area contributed by atoms with Gasteiger partial charge in [0.05, 0.1) is 19.7 Å². The molecule has 7 amide bonds. The van der Waals surface area contributed by atoms with Crippen LogP contribution in [0.5, 0.6) is 5.75 Å². The highest BCUT2D eigenvalue weighted by Crippen LogP contribution is 2.19. The molecule has 0 aliphatic carbocycles. The van der Waals surface area contributed by atoms with Crippen molar-refractivity contribution in [2.75, 3.05) is 26.2 Å². The number of phenolic OH excluding ortho intramolecular Hbond substituents is 1. The number of hydrogen-bond donors (Lipinski definition) is 8. The zero-order valence-corrected chi connectivity index (χ0v) is 29.2. The van der Waals surface area contributed by atoms with E-state index in [0.717, 1.165) is 0 Å². The topological polar surface area (TPSA) is 235 Å². The van der Waals surface area contributed by atoms with E-state index in [4.69, 9.17) is 0 Å². The predicted molar refractivity (Wildman–Crippen MR) is 187 cm³/mol. The molecular weight excluding hydrogens is 674 g/mol. The summed E-state index contributed by atoms with van der Waals surface area (Å²) >= 11 is 0. The van der Waals surface area contributed by atoms with Crippen molar-refractivity contribution >= 4 is 41.4 Å². The Bertz CT molecular complexity index is 1600. The van der Waals surface area contributed by atoms with E-state index < -0.39 is 91.3 Å². The van der Waals surface area contributed by atoms with Crippen LogP contribution in [0.2, 0.25) is 0 Å². The van der Waals surface area contributed by atoms with Crippen LogP contribution >= 0.6 is 0 Å². The van der Waals surface area contributed by atoms with Gasteiger partial charge in [-0.3, -0.25) is 33.6 Å². The summed E-state index contributed by atoms with van der Waals surface area (Å²) in [5.74, 6) is -5.34. The molecule has 0 bridgehead atoms. The van der Waals surface area contributed by atoms with Gasteiger partial charge in [0.2, 0.25) is 41.4 Å². The SMILES string of the molecule is CC[C@H](C)[C@@H]1NC(=O)CNC(=O)[C@@H]2CCCN2C(=O)[C@H](CO)NC(=O)[C@H](Cc2ccc(O)cc2)NC(=O)[C@H](Cc2ccccc2)NC(=O)CNC1=O. The number of phenols is 1. The lowest BCUT2D eigenvalue weighted by Gasteiger charge is -2.29. The van der Waals surface area contributed by atoms with Crippen molar-refractivity contribution in [3.8, 4) is 5.75 Å². The number of hydrogen-bond acceptors (Lipinski definition) is 9. The normalized spacial score (nSPS) is 24.9. The van der Waals surface area contributed by atoms with E-state index in [1.807, 2.05) is 6.92 Å². The van der Waals surface area contributed by atoms with Gasteiger partial charge >= 0.3 is 0 Å². The minimum atomic E-state index is -1.48. The number of aromatic hydroxyl groups is 1. The van der Waals surface area contributed by atoms with Gasteiger partial charge in [0.1, 0.15) is 36.0 Å². The quantitative estimate of drug-likeness (QED) is 0.164. The van der Waals surface area contributed by atoms with Crippen LogP contribution in [0, 0.1) is 5.92 Å². The summed E-state index contributed by atoms with van der Waals surface area (Å²) in [6.45, 7) is 1.88. The minimum Gasteiger partial charge on any atom is -0.508 e. The molecule has 6 atom stereocenters. The smallest absolute Gasteiger partial charge is 0.248 e. The maximum absolute atomic E-state index is 13.9. The fourth-order valence-corrected chi connectivity index (χ4v) is 6.10. The Labute approximate surface area is 301 Å². The van der Waals surface area contributed by atoms with E-state index in [9.17, 15) is 43.8 Å². The maximum atomic E-state index is 13.9. The standard InChI is InChI=1S/C36H47N7O9/c1-3-21(2)31-35(51)38-18-29(46)39-25(16-22-8-5-4-6-9-22)32(48)40-26(17-23-11-13-24(45)14-12-23)33(49)41-27(20-44)36(52)43-15-7-10-28(43)34(50)37-19-30(47)42-31/h4-6,8-9,11-14,21,25-28,31,44-45H,3,7,10,15-20H2,1-2H3,(H,37,50)(H,38,51)(H,39,46)(H,40,48)(H,41,49)(H,42,47)/t21-,25-,26-,27-,28-,31-/m0/s1. The lowest BCUT2D eigenvalue weighted by atomic mass is 9.98. The van der Waals surface area contributed by atoms with Crippen LogP contribution in [0.1, 0.15) is 44.2 Å². The third-order valence-electron chi connectivity index (χ3n) is 9.24. The first-order chi connectivity index (χ1) is 24.9. The third-order valence-corrected chi connectivity index (χ3v) is 9.24. The second kappa shape index (κ2) is 18.6. The Kier molecular flexibility index (Phi) is 14.1. The fraction of sp³-hybridized carbons (Fsp3) is 0.472. The summed E-state index contributed by atoms with van der Waals surface area (Å²) in [7, 11) is 0. The molecule has 280 valence electrons. The molecule has 0 radical (unpaired) electrons. The monoisotopic (exact) mass is 721 g/mol. The van der Waals surface area contributed by atoms with Gasteiger partial charge in [0.25, 0.3) is 0 Å². The highest BCUT2D eigenvalue weighted by Gasteiger charge is 2.39. The van der Waals surface area contributed by atoms with Gasteiger partial charge in [-0.1, -0.05) is 62.7 Å². The Morgan fingerprint density at radius 2 is 1.27 bits per heavy atom. The van der Waals surface area contributed by atoms with E-state index >= 15 is 0 Å². The largest absolute Gasteiger partial charge is 0.508 e. The Hall–Kier alpha value is -5.51. The first-order valence-corrected chi connectivity index (χ1v) is 17.4. The molecule has 2 fully saturated rings. The molecule has 0 saturated carbocycles. The highest BCUT2D eigenvalue weighted by molar-refractivity contribution is 5.97. The number of nitrogens with one attached hydrogen (secondary N) is 6. The summed E-state index contributed by atoms with van der Waals surface area (Å²) in [6, 6.07) is 8.65. The van der Waals surface area contributed by atoms with Crippen molar-refractivity contribution < 1.29 is 43.8 Å². The molecular formula is C36H47N7O9. The molecule has 2 aromatic rings. The van der Waals surface area contributed by atoms with Crippen molar-refractivity contribution in [3.05, 3.63) is 65.7 Å². The van der Waals surface area contributed by atoms with Crippen LogP contribution in [0.25, 0.3) is 0 Å². The number of aliphatic hydroxyl groups is 1. The second-order valence-corrected chi connectivity index (χ2v) is 13.0. The molecule has 4 rings (SSSR count). The van der Waals surface area contributed by atoms with Gasteiger partial charge in [0.15, 0.2) is 0 Å². The van der Waals surface area contributed by atoms with Gasteiger partial charge < -0.3 is 47.0 Å². The van der Waals surface area contributed by atoms with Crippen molar-refractivity contribution in [3.63, 3.8) is 0 Å². The summed E-state index contributed by atoms with van der Waals surface area (Å²) in [5, 5.41) is 35.5. The van der Waals surface area contributed by atoms with Crippen LogP contribution in [-0.2, 0) is 46.4 Å². The van der Waals surface area contributed by atoms with Gasteiger partial charge in [-0.15, -0.1) is 0 Å². The van der Waals surface area contributed by atoms with Gasteiger partial charge in [-0.05, 0) is 42.0 Å². The molecule has 52 heavy (non-hydrogen) atoms. The van der Waals surface area contributed by atoms with Gasteiger partial charge in [-0.2, -0.15) is 0 Å². The number of aliphatic hydroxyl groups excluding tert-OH is 1. The van der Waals surface area contributed by atoms with Crippen molar-refractivity contribution in [1.29, 1.82) is 0 Å². The first kappa shape index (κ1) is 39.3. The first-order valence-electron chi connectivity index (χ1n) is 17.4. The van der Waals surface area contributed by atoms with Crippen LogP contribution in [-0.4, -0.2) is 113 Å². The molecule has 16 nitrogen and oxygen atoms in total. The van der Waals surface area contributed by atoms with Crippen LogP contribution in [0.4, 0.5) is 0 Å². The van der Waals surface area contributed by atoms with E-state index in [0.29, 0.717) is 24.0 Å². The van der Waals surface area contributed by atoms with Gasteiger partial charge in [0, 0.05) is 19.4 Å². The zero-order chi connectivity index (χ0) is 37.8. The van der Waals surface area contributed by atoms with Crippen LogP contribution in [0.3, 0.4) is 0 Å². The molecule has 2 aliphatic rings. The number of rotatable bonds is 7. The molecule has 8 N–H and O–H groups in total. The third kappa shape index (κ3) is 10.7. The lowest BCUT2D eigenvalue weighted by Crippen LogP contribution is -2.60. The highest BCUT2D eigenvalue weighted by atomic mass is 16.3. The molecule has 0 aromatic heterocycles. The maximum Gasteiger partial charge on any atom is 0.248 e. The zero-order valence-electron chi connectivity index (χ0n) is 29.2. The number of nitrogens with zero attached hydrogens (tertiary/aromatic N) is 1. The predicted octanol–water partition coefficient (Wildman–Crippen LogP) is -1.61. The fourth-order valence-electron chi connectivity index (χ4n) is 6.10. The Morgan fingerprint density at radius 3 is 1.88 bits per heavy atom. The summed E-state index contributed by atoms with van der Waals surface area (Å²) in [5.41, 5.74) is 1.23. The molecule has 2 aromatic carbocycles. The number of carbonyl (C=O) groups excluding carboxylic acids is 7. The number of fused-ring (bicyclic) bond motifs is 1. The van der Waals surface area contributed by atoms with Crippen molar-refractivity contribution in [2.24, 2.45) is 5.92 Å². The summed E-state index contributed by atoms with van der Waals surface area (Å²) in [6.07, 6.45) is 1.14. The van der Waals surface area contributed by atoms with Gasteiger partial charge in [-0.25, -0.2) is 0 Å². The Balaban J connectivity index is 1.68. The van der Waals surface area contributed by atoms with E-state index in [1.165, 1.54) is 17.0 Å². The average Bonchev–Trinajstić information content (AvgIpc) is 3.64.